The van der Waals surface area contributed by atoms with Crippen LogP contribution in [0.25, 0.3) is 0 Å². The first kappa shape index (κ1) is 21.8. The van der Waals surface area contributed by atoms with Crippen molar-refractivity contribution in [3.63, 3.8) is 0 Å². The third kappa shape index (κ3) is 6.54. The summed E-state index contributed by atoms with van der Waals surface area (Å²) in [6.45, 7) is 3.15. The van der Waals surface area contributed by atoms with E-state index in [4.69, 9.17) is 4.74 Å². The molecule has 0 aromatic heterocycles. The second-order valence-corrected chi connectivity index (χ2v) is 9.17. The molecule has 1 saturated heterocycles. The Kier molecular flexibility index (Phi) is 8.06. The molecule has 1 atom stereocenters. The number of carbonyl (C=O) groups is 2. The fraction of sp³-hybridized carbons (Fsp3) is 0.619. The summed E-state index contributed by atoms with van der Waals surface area (Å²) < 4.78 is 17.4. The second-order valence-electron chi connectivity index (χ2n) is 7.71. The summed E-state index contributed by atoms with van der Waals surface area (Å²) in [7, 11) is 0.0569. The zero-order chi connectivity index (χ0) is 20.6. The molecule has 8 heteroatoms. The number of hydrogen-bond donors (Lipinski definition) is 1. The van der Waals surface area contributed by atoms with E-state index in [9.17, 15) is 13.8 Å². The molecule has 2 aliphatic rings. The van der Waals surface area contributed by atoms with Crippen molar-refractivity contribution in [3.8, 4) is 5.75 Å². The minimum atomic E-state index is -1.52. The summed E-state index contributed by atoms with van der Waals surface area (Å²) in [6, 6.07) is 7.58. The van der Waals surface area contributed by atoms with Crippen molar-refractivity contribution in [1.82, 2.24) is 9.80 Å². The van der Waals surface area contributed by atoms with E-state index in [-0.39, 0.29) is 23.3 Å². The first-order chi connectivity index (χ1) is 14.0. The van der Waals surface area contributed by atoms with Gasteiger partial charge in [0, 0.05) is 48.7 Å². The molecule has 1 heterocycles. The Bertz CT molecular complexity index is 711. The van der Waals surface area contributed by atoms with Crippen LogP contribution in [0.3, 0.4) is 0 Å². The average molecular weight is 422 g/mol. The van der Waals surface area contributed by atoms with Crippen molar-refractivity contribution >= 4 is 28.3 Å². The Labute approximate surface area is 175 Å². The van der Waals surface area contributed by atoms with Gasteiger partial charge >= 0.3 is 0 Å². The number of rotatable bonds is 7. The standard InChI is InChI=1S/C21H31N3O4S/c1-28-19-9-7-17(8-10-19)22-20(25)15-29(27)16-21(26)24-13-11-23(12-14-24)18-5-3-2-4-6-18/h7-10,18H,2-6,11-16H2,1H3,(H,22,25)/t29-/m0/s1. The van der Waals surface area contributed by atoms with Crippen LogP contribution in [0.4, 0.5) is 5.69 Å². The molecule has 0 bridgehead atoms. The lowest BCUT2D eigenvalue weighted by Gasteiger charge is -2.40. The van der Waals surface area contributed by atoms with Gasteiger partial charge in [0.1, 0.15) is 17.3 Å². The van der Waals surface area contributed by atoms with E-state index in [1.165, 1.54) is 32.1 Å². The minimum absolute atomic E-state index is 0.0978. The number of methoxy groups -OCH3 is 1. The quantitative estimate of drug-likeness (QED) is 0.727. The largest absolute Gasteiger partial charge is 0.497 e. The molecule has 2 amide bonds. The Morgan fingerprint density at radius 1 is 1.03 bits per heavy atom. The highest BCUT2D eigenvalue weighted by molar-refractivity contribution is 7.86. The van der Waals surface area contributed by atoms with Crippen LogP contribution in [0.1, 0.15) is 32.1 Å². The molecule has 1 aliphatic heterocycles. The van der Waals surface area contributed by atoms with E-state index in [2.05, 4.69) is 10.2 Å². The summed E-state index contributed by atoms with van der Waals surface area (Å²) in [5.41, 5.74) is 0.609. The van der Waals surface area contributed by atoms with Gasteiger partial charge in [-0.15, -0.1) is 0 Å². The van der Waals surface area contributed by atoms with E-state index < -0.39 is 10.8 Å². The number of nitrogens with one attached hydrogen (secondary N) is 1. The highest BCUT2D eigenvalue weighted by Gasteiger charge is 2.27. The average Bonchev–Trinajstić information content (AvgIpc) is 2.74. The van der Waals surface area contributed by atoms with Gasteiger partial charge < -0.3 is 15.0 Å². The Morgan fingerprint density at radius 2 is 1.69 bits per heavy atom. The fourth-order valence-corrected chi connectivity index (χ4v) is 5.01. The molecule has 1 aliphatic carbocycles. The van der Waals surface area contributed by atoms with Gasteiger partial charge in [-0.25, -0.2) is 0 Å². The molecule has 1 aromatic rings. The molecular formula is C21H31N3O4S. The lowest BCUT2D eigenvalue weighted by molar-refractivity contribution is -0.130. The lowest BCUT2D eigenvalue weighted by atomic mass is 9.94. The number of anilines is 1. The molecule has 0 radical (unpaired) electrons. The van der Waals surface area contributed by atoms with Crippen molar-refractivity contribution in [2.75, 3.05) is 50.1 Å². The number of benzene rings is 1. The first-order valence-electron chi connectivity index (χ1n) is 10.4. The zero-order valence-electron chi connectivity index (χ0n) is 17.1. The maximum absolute atomic E-state index is 12.5. The van der Waals surface area contributed by atoms with E-state index in [0.29, 0.717) is 30.6 Å². The van der Waals surface area contributed by atoms with Gasteiger partial charge in [-0.2, -0.15) is 0 Å². The number of ether oxygens (including phenoxy) is 1. The molecule has 1 aromatic carbocycles. The van der Waals surface area contributed by atoms with Crippen molar-refractivity contribution in [1.29, 1.82) is 0 Å². The van der Waals surface area contributed by atoms with Crippen molar-refractivity contribution in [2.24, 2.45) is 0 Å². The molecular weight excluding hydrogens is 390 g/mol. The van der Waals surface area contributed by atoms with Crippen LogP contribution in [0, 0.1) is 0 Å². The third-order valence-electron chi connectivity index (χ3n) is 5.71. The summed E-state index contributed by atoms with van der Waals surface area (Å²) in [5.74, 6) is -0.0627. The smallest absolute Gasteiger partial charge is 0.237 e. The molecule has 1 saturated carbocycles. The summed E-state index contributed by atoms with van der Waals surface area (Å²) in [4.78, 5) is 28.8. The topological polar surface area (TPSA) is 78.9 Å². The van der Waals surface area contributed by atoms with Gasteiger partial charge in [-0.3, -0.25) is 18.7 Å². The van der Waals surface area contributed by atoms with Crippen LogP contribution in [0.15, 0.2) is 24.3 Å². The maximum atomic E-state index is 12.5. The molecule has 29 heavy (non-hydrogen) atoms. The first-order valence-corrected chi connectivity index (χ1v) is 11.8. The lowest BCUT2D eigenvalue weighted by Crippen LogP contribution is -2.53. The van der Waals surface area contributed by atoms with Gasteiger partial charge in [0.05, 0.1) is 7.11 Å². The minimum Gasteiger partial charge on any atom is -0.497 e. The maximum Gasteiger partial charge on any atom is 0.237 e. The summed E-state index contributed by atoms with van der Waals surface area (Å²) in [5, 5.41) is 2.70. The molecule has 3 rings (SSSR count). The SMILES string of the molecule is COc1ccc(NC(=O)C[S@](=O)CC(=O)N2CCN(C3CCCCC3)CC2)cc1. The number of hydrogen-bond acceptors (Lipinski definition) is 5. The molecule has 7 nitrogen and oxygen atoms in total. The monoisotopic (exact) mass is 421 g/mol. The van der Waals surface area contributed by atoms with E-state index in [1.54, 1.807) is 36.3 Å². The van der Waals surface area contributed by atoms with E-state index in [1.807, 2.05) is 0 Å². The van der Waals surface area contributed by atoms with Gasteiger partial charge in [0.2, 0.25) is 11.8 Å². The van der Waals surface area contributed by atoms with Crippen molar-refractivity contribution in [3.05, 3.63) is 24.3 Å². The number of nitrogens with zero attached hydrogens (tertiary/aromatic N) is 2. The second kappa shape index (κ2) is 10.7. The number of carbonyl (C=O) groups excluding carboxylic acids is 2. The van der Waals surface area contributed by atoms with Crippen LogP contribution in [-0.4, -0.2) is 76.7 Å². The summed E-state index contributed by atoms with van der Waals surface area (Å²) >= 11 is 0. The van der Waals surface area contributed by atoms with Crippen LogP contribution in [-0.2, 0) is 20.4 Å². The molecule has 0 spiro atoms. The zero-order valence-corrected chi connectivity index (χ0v) is 17.9. The van der Waals surface area contributed by atoms with E-state index >= 15 is 0 Å². The molecule has 0 unspecified atom stereocenters. The van der Waals surface area contributed by atoms with Gasteiger partial charge in [-0.1, -0.05) is 19.3 Å². The number of amides is 2. The Balaban J connectivity index is 1.38. The van der Waals surface area contributed by atoms with Crippen LogP contribution < -0.4 is 10.1 Å². The fourth-order valence-electron chi connectivity index (χ4n) is 4.08. The van der Waals surface area contributed by atoms with Crippen molar-refractivity contribution < 1.29 is 18.5 Å². The summed E-state index contributed by atoms with van der Waals surface area (Å²) in [6.07, 6.45) is 6.48. The predicted molar refractivity (Wildman–Crippen MR) is 115 cm³/mol. The number of piperazine rings is 1. The predicted octanol–water partition coefficient (Wildman–Crippen LogP) is 1.86. The van der Waals surface area contributed by atoms with Crippen molar-refractivity contribution in [2.45, 2.75) is 38.1 Å². The van der Waals surface area contributed by atoms with E-state index in [0.717, 1.165) is 13.1 Å². The molecule has 160 valence electrons. The molecule has 1 N–H and O–H groups in total. The Morgan fingerprint density at radius 3 is 2.31 bits per heavy atom. The highest BCUT2D eigenvalue weighted by Crippen LogP contribution is 2.23. The Hall–Kier alpha value is -1.93. The normalized spacial score (nSPS) is 19.6. The van der Waals surface area contributed by atoms with Gasteiger partial charge in [0.25, 0.3) is 0 Å². The van der Waals surface area contributed by atoms with Gasteiger partial charge in [-0.05, 0) is 37.1 Å². The highest BCUT2D eigenvalue weighted by atomic mass is 32.2. The van der Waals surface area contributed by atoms with Gasteiger partial charge in [0.15, 0.2) is 0 Å². The van der Waals surface area contributed by atoms with Crippen LogP contribution >= 0.6 is 0 Å². The van der Waals surface area contributed by atoms with Crippen LogP contribution in [0.5, 0.6) is 5.75 Å². The third-order valence-corrected chi connectivity index (χ3v) is 6.86. The van der Waals surface area contributed by atoms with Crippen LogP contribution in [0.2, 0.25) is 0 Å². The molecule has 2 fully saturated rings.